The number of carboxylic acid groups (broad SMARTS) is 1. The number of rotatable bonds is 7. The number of nitrogens with one attached hydrogen (secondary N) is 1. The largest absolute Gasteiger partial charge is 0.481 e. The van der Waals surface area contributed by atoms with Gasteiger partial charge < -0.3 is 10.4 Å². The minimum atomic E-state index is -0.731. The van der Waals surface area contributed by atoms with Gasteiger partial charge in [0.05, 0.1) is 5.92 Å². The van der Waals surface area contributed by atoms with Gasteiger partial charge in [-0.1, -0.05) is 27.2 Å². The Hall–Kier alpha value is -0.570. The van der Waals surface area contributed by atoms with E-state index in [4.69, 9.17) is 5.11 Å². The molecular weight excluding hydrogens is 190 g/mol. The SMILES string of the molecule is CCC(C)CC(C)NC(C)C(C)C(=O)O. The van der Waals surface area contributed by atoms with Crippen LogP contribution in [0.15, 0.2) is 0 Å². The molecule has 3 nitrogen and oxygen atoms in total. The highest BCUT2D eigenvalue weighted by Crippen LogP contribution is 2.11. The number of carbonyl (C=O) groups is 1. The Morgan fingerprint density at radius 3 is 2.20 bits per heavy atom. The van der Waals surface area contributed by atoms with E-state index in [-0.39, 0.29) is 12.0 Å². The second kappa shape index (κ2) is 6.83. The first kappa shape index (κ1) is 14.4. The van der Waals surface area contributed by atoms with Crippen LogP contribution >= 0.6 is 0 Å². The molecule has 3 heteroatoms. The number of aliphatic carboxylic acids is 1. The molecule has 0 aromatic heterocycles. The molecule has 0 aliphatic heterocycles. The van der Waals surface area contributed by atoms with Gasteiger partial charge in [0.1, 0.15) is 0 Å². The van der Waals surface area contributed by atoms with Gasteiger partial charge in [-0.3, -0.25) is 4.79 Å². The first-order chi connectivity index (χ1) is 6.88. The van der Waals surface area contributed by atoms with Gasteiger partial charge in [0.15, 0.2) is 0 Å². The molecule has 0 amide bonds. The number of hydrogen-bond acceptors (Lipinski definition) is 2. The molecule has 0 rings (SSSR count). The van der Waals surface area contributed by atoms with Crippen LogP contribution in [0.4, 0.5) is 0 Å². The van der Waals surface area contributed by atoms with Gasteiger partial charge in [0, 0.05) is 12.1 Å². The Morgan fingerprint density at radius 2 is 1.80 bits per heavy atom. The molecule has 0 aromatic rings. The smallest absolute Gasteiger partial charge is 0.307 e. The minimum Gasteiger partial charge on any atom is -0.481 e. The summed E-state index contributed by atoms with van der Waals surface area (Å²) < 4.78 is 0. The first-order valence-corrected chi connectivity index (χ1v) is 5.87. The monoisotopic (exact) mass is 215 g/mol. The highest BCUT2D eigenvalue weighted by atomic mass is 16.4. The van der Waals surface area contributed by atoms with Gasteiger partial charge in [-0.05, 0) is 26.2 Å². The Labute approximate surface area is 93.3 Å². The molecule has 15 heavy (non-hydrogen) atoms. The molecule has 0 aromatic carbocycles. The maximum atomic E-state index is 10.8. The van der Waals surface area contributed by atoms with E-state index in [0.717, 1.165) is 6.42 Å². The van der Waals surface area contributed by atoms with Crippen molar-refractivity contribution in [2.45, 2.75) is 59.5 Å². The zero-order valence-electron chi connectivity index (χ0n) is 10.6. The third-order valence-corrected chi connectivity index (χ3v) is 3.14. The van der Waals surface area contributed by atoms with Crippen LogP contribution in [0.2, 0.25) is 0 Å². The zero-order valence-corrected chi connectivity index (χ0v) is 10.6. The van der Waals surface area contributed by atoms with Gasteiger partial charge in [0.25, 0.3) is 0 Å². The van der Waals surface area contributed by atoms with Crippen LogP contribution in [-0.4, -0.2) is 23.2 Å². The summed E-state index contributed by atoms with van der Waals surface area (Å²) in [6.45, 7) is 10.2. The Kier molecular flexibility index (Phi) is 6.57. The summed E-state index contributed by atoms with van der Waals surface area (Å²) >= 11 is 0. The van der Waals surface area contributed by atoms with Gasteiger partial charge >= 0.3 is 5.97 Å². The molecule has 0 radical (unpaired) electrons. The molecule has 0 aliphatic rings. The standard InChI is InChI=1S/C12H25NO2/c1-6-8(2)7-9(3)13-11(5)10(4)12(14)15/h8-11,13H,6-7H2,1-5H3,(H,14,15). The lowest BCUT2D eigenvalue weighted by atomic mass is 9.98. The third kappa shape index (κ3) is 5.78. The van der Waals surface area contributed by atoms with Gasteiger partial charge in [0.2, 0.25) is 0 Å². The molecule has 4 unspecified atom stereocenters. The topological polar surface area (TPSA) is 49.3 Å². The van der Waals surface area contributed by atoms with E-state index in [2.05, 4.69) is 26.1 Å². The van der Waals surface area contributed by atoms with Crippen molar-refractivity contribution in [2.75, 3.05) is 0 Å². The molecule has 0 bridgehead atoms. The minimum absolute atomic E-state index is 0.0292. The summed E-state index contributed by atoms with van der Waals surface area (Å²) in [7, 11) is 0. The highest BCUT2D eigenvalue weighted by molar-refractivity contribution is 5.70. The van der Waals surface area contributed by atoms with Crippen LogP contribution in [0.5, 0.6) is 0 Å². The lowest BCUT2D eigenvalue weighted by molar-refractivity contribution is -0.142. The van der Waals surface area contributed by atoms with Crippen LogP contribution in [0.3, 0.4) is 0 Å². The van der Waals surface area contributed by atoms with Crippen LogP contribution in [-0.2, 0) is 4.79 Å². The van der Waals surface area contributed by atoms with Crippen molar-refractivity contribution < 1.29 is 9.90 Å². The summed E-state index contributed by atoms with van der Waals surface area (Å²) in [4.78, 5) is 10.8. The van der Waals surface area contributed by atoms with E-state index in [9.17, 15) is 4.79 Å². The fourth-order valence-electron chi connectivity index (χ4n) is 1.65. The van der Waals surface area contributed by atoms with Crippen molar-refractivity contribution in [1.29, 1.82) is 0 Å². The van der Waals surface area contributed by atoms with E-state index < -0.39 is 5.97 Å². The fourth-order valence-corrected chi connectivity index (χ4v) is 1.65. The molecule has 0 saturated heterocycles. The van der Waals surface area contributed by atoms with Crippen molar-refractivity contribution in [3.63, 3.8) is 0 Å². The van der Waals surface area contributed by atoms with Gasteiger partial charge in [-0.2, -0.15) is 0 Å². The van der Waals surface area contributed by atoms with Crippen molar-refractivity contribution in [3.05, 3.63) is 0 Å². The van der Waals surface area contributed by atoms with Crippen LogP contribution in [0.1, 0.15) is 47.5 Å². The highest BCUT2D eigenvalue weighted by Gasteiger charge is 2.20. The van der Waals surface area contributed by atoms with Crippen LogP contribution < -0.4 is 5.32 Å². The summed E-state index contributed by atoms with van der Waals surface area (Å²) in [5.74, 6) is -0.366. The van der Waals surface area contributed by atoms with E-state index in [1.165, 1.54) is 6.42 Å². The molecule has 4 atom stereocenters. The van der Waals surface area contributed by atoms with Crippen molar-refractivity contribution in [1.82, 2.24) is 5.32 Å². The molecular formula is C12H25NO2. The summed E-state index contributed by atoms with van der Waals surface area (Å²) in [6, 6.07) is 0.415. The number of carboxylic acids is 1. The molecule has 2 N–H and O–H groups in total. The quantitative estimate of drug-likeness (QED) is 0.686. The first-order valence-electron chi connectivity index (χ1n) is 5.87. The fraction of sp³-hybridized carbons (Fsp3) is 0.917. The van der Waals surface area contributed by atoms with Gasteiger partial charge in [-0.15, -0.1) is 0 Å². The molecule has 0 spiro atoms. The van der Waals surface area contributed by atoms with E-state index in [1.807, 2.05) is 6.92 Å². The average Bonchev–Trinajstić information content (AvgIpc) is 2.15. The van der Waals surface area contributed by atoms with Crippen LogP contribution in [0, 0.1) is 11.8 Å². The Bertz CT molecular complexity index is 194. The molecule has 0 saturated carbocycles. The summed E-state index contributed by atoms with van der Waals surface area (Å²) in [5, 5.41) is 12.2. The van der Waals surface area contributed by atoms with Crippen molar-refractivity contribution >= 4 is 5.97 Å². The second-order valence-corrected chi connectivity index (χ2v) is 4.73. The lowest BCUT2D eigenvalue weighted by Gasteiger charge is -2.24. The maximum absolute atomic E-state index is 10.8. The molecule has 0 heterocycles. The third-order valence-electron chi connectivity index (χ3n) is 3.14. The van der Waals surface area contributed by atoms with Crippen molar-refractivity contribution in [3.8, 4) is 0 Å². The average molecular weight is 215 g/mol. The number of hydrogen-bond donors (Lipinski definition) is 2. The second-order valence-electron chi connectivity index (χ2n) is 4.73. The normalized spacial score (nSPS) is 19.3. The predicted molar refractivity (Wildman–Crippen MR) is 62.9 cm³/mol. The predicted octanol–water partition coefficient (Wildman–Crippen LogP) is 2.51. The maximum Gasteiger partial charge on any atom is 0.307 e. The summed E-state index contributed by atoms with van der Waals surface area (Å²) in [5.41, 5.74) is 0. The van der Waals surface area contributed by atoms with E-state index >= 15 is 0 Å². The Morgan fingerprint density at radius 1 is 1.27 bits per heavy atom. The lowest BCUT2D eigenvalue weighted by Crippen LogP contribution is -2.41. The van der Waals surface area contributed by atoms with E-state index in [0.29, 0.717) is 12.0 Å². The van der Waals surface area contributed by atoms with Crippen LogP contribution in [0.25, 0.3) is 0 Å². The zero-order chi connectivity index (χ0) is 12.0. The molecule has 0 aliphatic carbocycles. The van der Waals surface area contributed by atoms with Crippen molar-refractivity contribution in [2.24, 2.45) is 11.8 Å². The Balaban J connectivity index is 3.95. The molecule has 0 fully saturated rings. The van der Waals surface area contributed by atoms with Gasteiger partial charge in [-0.25, -0.2) is 0 Å². The molecule has 90 valence electrons. The van der Waals surface area contributed by atoms with E-state index in [1.54, 1.807) is 6.92 Å². The summed E-state index contributed by atoms with van der Waals surface area (Å²) in [6.07, 6.45) is 2.28.